The molecule has 0 radical (unpaired) electrons. The Kier molecular flexibility index (Phi) is 14.2. The first-order valence-corrected chi connectivity index (χ1v) is 21.2. The minimum absolute atomic E-state index is 0.0666. The average molecular weight is 880 g/mol. The van der Waals surface area contributed by atoms with Gasteiger partial charge in [-0.25, -0.2) is 18.7 Å². The molecule has 6 aromatic rings. The van der Waals surface area contributed by atoms with E-state index >= 15 is 4.79 Å². The minimum Gasteiger partial charge on any atom is -0.380 e. The maximum atomic E-state index is 15.2. The number of carbonyl (C=O) groups excluding carboxylic acids is 1. The highest BCUT2D eigenvalue weighted by Gasteiger charge is 2.38. The number of nitrogens with one attached hydrogen (secondary N) is 4. The van der Waals surface area contributed by atoms with Crippen LogP contribution in [0.5, 0.6) is 0 Å². The van der Waals surface area contributed by atoms with E-state index < -0.39 is 12.1 Å². The summed E-state index contributed by atoms with van der Waals surface area (Å²) in [5.74, 6) is 0.604. The van der Waals surface area contributed by atoms with Gasteiger partial charge in [-0.05, 0) is 70.8 Å². The molecule has 2 aromatic heterocycles. The topological polar surface area (TPSA) is 116 Å². The molecule has 2 fully saturated rings. The number of ketones is 1. The van der Waals surface area contributed by atoms with Gasteiger partial charge in [0, 0.05) is 62.8 Å². The van der Waals surface area contributed by atoms with E-state index in [2.05, 4.69) is 41.0 Å². The number of hydrogen-bond acceptors (Lipinski definition) is 11. The first kappa shape index (κ1) is 43.0. The lowest BCUT2D eigenvalue weighted by Gasteiger charge is -2.40. The zero-order valence-electron chi connectivity index (χ0n) is 33.8. The van der Waals surface area contributed by atoms with Gasteiger partial charge in [0.15, 0.2) is 5.78 Å². The zero-order chi connectivity index (χ0) is 42.8. The number of halogens is 4. The van der Waals surface area contributed by atoms with Crippen molar-refractivity contribution in [3.8, 4) is 0 Å². The minimum atomic E-state index is -0.539. The van der Waals surface area contributed by atoms with E-state index in [1.54, 1.807) is 36.7 Å². The van der Waals surface area contributed by atoms with Gasteiger partial charge in [0.25, 0.3) is 0 Å². The number of carbonyl (C=O) groups is 1. The van der Waals surface area contributed by atoms with Crippen LogP contribution in [0.1, 0.15) is 34.3 Å². The van der Waals surface area contributed by atoms with E-state index in [1.807, 2.05) is 60.7 Å². The second-order valence-electron chi connectivity index (χ2n) is 15.1. The van der Waals surface area contributed by atoms with Gasteiger partial charge in [0.05, 0.1) is 72.3 Å². The van der Waals surface area contributed by atoms with Crippen molar-refractivity contribution in [3.63, 3.8) is 0 Å². The van der Waals surface area contributed by atoms with Crippen LogP contribution in [0.2, 0.25) is 10.0 Å². The maximum absolute atomic E-state index is 15.2. The number of ether oxygens (including phenoxy) is 2. The van der Waals surface area contributed by atoms with Crippen molar-refractivity contribution in [2.45, 2.75) is 25.2 Å². The molecule has 0 saturated carbocycles. The van der Waals surface area contributed by atoms with Crippen LogP contribution >= 0.6 is 23.2 Å². The summed E-state index contributed by atoms with van der Waals surface area (Å²) in [6.45, 7) is 5.36. The maximum Gasteiger partial charge on any atom is 0.176 e. The predicted molar refractivity (Wildman–Crippen MR) is 241 cm³/mol. The van der Waals surface area contributed by atoms with Gasteiger partial charge < -0.3 is 30.7 Å². The van der Waals surface area contributed by atoms with Gasteiger partial charge in [-0.15, -0.1) is 0 Å². The van der Waals surface area contributed by atoms with Crippen molar-refractivity contribution in [2.24, 2.45) is 0 Å². The predicted octanol–water partition coefficient (Wildman–Crippen LogP) is 9.79. The number of aromatic nitrogens is 2. The molecule has 2 saturated heterocycles. The van der Waals surface area contributed by atoms with Crippen LogP contribution in [0, 0.1) is 11.6 Å². The highest BCUT2D eigenvalue weighted by molar-refractivity contribution is 6.33. The lowest BCUT2D eigenvalue weighted by molar-refractivity contribution is -0.134. The summed E-state index contributed by atoms with van der Waals surface area (Å²) in [5, 5.41) is 14.1. The molecule has 2 atom stereocenters. The van der Waals surface area contributed by atoms with Crippen molar-refractivity contribution in [1.82, 2.24) is 19.8 Å². The molecule has 4 N–H and O–H groups in total. The number of hydrogen-bond donors (Lipinski definition) is 4. The monoisotopic (exact) mass is 878 g/mol. The second-order valence-corrected chi connectivity index (χ2v) is 15.9. The van der Waals surface area contributed by atoms with Gasteiger partial charge in [0.2, 0.25) is 0 Å². The molecule has 11 nitrogen and oxygen atoms in total. The van der Waals surface area contributed by atoms with Crippen molar-refractivity contribution in [2.75, 3.05) is 73.9 Å². The van der Waals surface area contributed by atoms with Crippen molar-refractivity contribution in [3.05, 3.63) is 166 Å². The summed E-state index contributed by atoms with van der Waals surface area (Å²) in [6.07, 6.45) is 3.13. The van der Waals surface area contributed by atoms with Crippen LogP contribution in [0.25, 0.3) is 0 Å². The van der Waals surface area contributed by atoms with Crippen LogP contribution in [0.3, 0.4) is 0 Å². The highest BCUT2D eigenvalue weighted by atomic mass is 35.5. The summed E-state index contributed by atoms with van der Waals surface area (Å²) in [6, 6.07) is 31.1. The third-order valence-electron chi connectivity index (χ3n) is 10.8. The highest BCUT2D eigenvalue weighted by Crippen LogP contribution is 2.35. The largest absolute Gasteiger partial charge is 0.380 e. The molecule has 62 heavy (non-hydrogen) atoms. The average Bonchev–Trinajstić information content (AvgIpc) is 3.29. The Morgan fingerprint density at radius 2 is 1.00 bits per heavy atom. The van der Waals surface area contributed by atoms with Crippen LogP contribution < -0.4 is 21.3 Å². The Hall–Kier alpha value is -5.67. The fourth-order valence-corrected chi connectivity index (χ4v) is 8.04. The molecule has 0 spiro atoms. The van der Waals surface area contributed by atoms with Gasteiger partial charge in [0.1, 0.15) is 23.3 Å². The van der Waals surface area contributed by atoms with E-state index in [0.29, 0.717) is 98.8 Å². The molecule has 4 aromatic carbocycles. The first-order valence-electron chi connectivity index (χ1n) is 20.4. The number of benzene rings is 4. The Morgan fingerprint density at radius 1 is 0.597 bits per heavy atom. The van der Waals surface area contributed by atoms with Crippen LogP contribution in [-0.2, 0) is 27.4 Å². The zero-order valence-corrected chi connectivity index (χ0v) is 35.3. The molecule has 320 valence electrons. The third-order valence-corrected chi connectivity index (χ3v) is 11.4. The number of pyridine rings is 2. The summed E-state index contributed by atoms with van der Waals surface area (Å²) >= 11 is 12.9. The third kappa shape index (κ3) is 11.0. The van der Waals surface area contributed by atoms with Gasteiger partial charge in [-0.1, -0.05) is 71.7 Å². The van der Waals surface area contributed by atoms with Crippen molar-refractivity contribution >= 4 is 63.4 Å². The fraction of sp³-hybridized carbons (Fsp3) is 0.255. The molecule has 15 heteroatoms. The molecule has 8 rings (SSSR count). The summed E-state index contributed by atoms with van der Waals surface area (Å²) < 4.78 is 38.9. The standard InChI is InChI=1S/C47H46Cl2F2N8O3/c48-39-29-54-43(25-41(39)52-27-31-3-1-5-35(50)23-31)56-37-11-7-33(8-12-37)45(58-15-19-61-20-16-58)47(60)46(59-17-21-62-22-18-59)34-9-13-38(14-10-34)57-44-26-42(40(49)30-55-44)53-28-32-4-2-6-36(51)24-32/h1-14,23-26,29-30,45-46H,15-22,27-28H2,(H2,52,54,56)(H2,53,55,57). The lowest BCUT2D eigenvalue weighted by atomic mass is 9.90. The van der Waals surface area contributed by atoms with E-state index in [4.69, 9.17) is 32.7 Å². The van der Waals surface area contributed by atoms with Crippen molar-refractivity contribution in [1.29, 1.82) is 0 Å². The van der Waals surface area contributed by atoms with E-state index in [-0.39, 0.29) is 17.4 Å². The molecule has 2 aliphatic rings. The van der Waals surface area contributed by atoms with Gasteiger partial charge in [-0.2, -0.15) is 0 Å². The van der Waals surface area contributed by atoms with Crippen LogP contribution in [0.4, 0.5) is 43.2 Å². The van der Waals surface area contributed by atoms with E-state index in [9.17, 15) is 8.78 Å². The van der Waals surface area contributed by atoms with E-state index in [1.165, 1.54) is 24.3 Å². The SMILES string of the molecule is O=C(C(c1ccc(Nc2cc(NCc3cccc(F)c3)c(Cl)cn2)cc1)N1CCOCC1)C(c1ccc(Nc2cc(NCc3cccc(F)c3)c(Cl)cn2)cc1)N1CCOCC1. The first-order chi connectivity index (χ1) is 30.3. The van der Waals surface area contributed by atoms with Gasteiger partial charge >= 0.3 is 0 Å². The Balaban J connectivity index is 0.997. The smallest absolute Gasteiger partial charge is 0.176 e. The molecule has 2 unspecified atom stereocenters. The fourth-order valence-electron chi connectivity index (χ4n) is 7.70. The molecular formula is C47H46Cl2F2N8O3. The number of nitrogens with zero attached hydrogens (tertiary/aromatic N) is 4. The van der Waals surface area contributed by atoms with Crippen LogP contribution in [0.15, 0.2) is 122 Å². The molecule has 0 bridgehead atoms. The molecule has 4 heterocycles. The number of morpholine rings is 2. The second kappa shape index (κ2) is 20.5. The quantitative estimate of drug-likeness (QED) is 0.0745. The summed E-state index contributed by atoms with van der Waals surface area (Å²) in [4.78, 5) is 28.6. The molecule has 2 aliphatic heterocycles. The Morgan fingerprint density at radius 3 is 1.39 bits per heavy atom. The molecule has 0 aliphatic carbocycles. The summed E-state index contributed by atoms with van der Waals surface area (Å²) in [7, 11) is 0. The number of Topliss-reactive ketones (excluding diaryl/α,β-unsaturated/α-hetero) is 1. The Bertz CT molecular complexity index is 2280. The van der Waals surface area contributed by atoms with Crippen LogP contribution in [-0.4, -0.2) is 78.2 Å². The molecule has 0 amide bonds. The summed E-state index contributed by atoms with van der Waals surface area (Å²) in [5.41, 5.74) is 6.19. The Labute approximate surface area is 369 Å². The normalized spacial score (nSPS) is 15.7. The van der Waals surface area contributed by atoms with E-state index in [0.717, 1.165) is 33.6 Å². The van der Waals surface area contributed by atoms with Gasteiger partial charge in [-0.3, -0.25) is 14.6 Å². The molecular weight excluding hydrogens is 833 g/mol. The number of rotatable bonds is 16. The number of anilines is 6. The lowest BCUT2D eigenvalue weighted by Crippen LogP contribution is -2.48. The van der Waals surface area contributed by atoms with Crippen molar-refractivity contribution < 1.29 is 23.0 Å².